The number of benzene rings is 4. The standard InChI is InChI=1S/C30H25ClN2O5/c1-21(37-27-17-15-26(16-18-27)36-20-23-5-3-2-4-6-23)29(34)33-32-19-22-7-13-28(14-8-22)38-30(35)24-9-11-25(31)12-10-24/h2-19,21H,20H2,1H3,(H,33,34)/b32-19-/t21-/m0/s1. The highest BCUT2D eigenvalue weighted by molar-refractivity contribution is 6.30. The molecule has 4 rings (SSSR count). The SMILES string of the molecule is C[C@H](Oc1ccc(OCc2ccccc2)cc1)C(=O)N/N=C\c1ccc(OC(=O)c2ccc(Cl)cc2)cc1. The van der Waals surface area contributed by atoms with Crippen molar-refractivity contribution in [3.05, 3.63) is 125 Å². The molecule has 8 heteroatoms. The lowest BCUT2D eigenvalue weighted by Gasteiger charge is -2.13. The number of halogens is 1. The summed E-state index contributed by atoms with van der Waals surface area (Å²) in [6, 6.07) is 30.1. The Morgan fingerprint density at radius 3 is 2.16 bits per heavy atom. The Morgan fingerprint density at radius 2 is 1.47 bits per heavy atom. The fourth-order valence-corrected chi connectivity index (χ4v) is 3.37. The summed E-state index contributed by atoms with van der Waals surface area (Å²) >= 11 is 5.84. The van der Waals surface area contributed by atoms with Gasteiger partial charge in [0.25, 0.3) is 5.91 Å². The first kappa shape index (κ1) is 26.4. The number of ether oxygens (including phenoxy) is 3. The summed E-state index contributed by atoms with van der Waals surface area (Å²) in [7, 11) is 0. The molecule has 1 atom stereocenters. The smallest absolute Gasteiger partial charge is 0.343 e. The van der Waals surface area contributed by atoms with E-state index in [2.05, 4.69) is 10.5 Å². The maximum atomic E-state index is 12.4. The molecule has 0 saturated carbocycles. The number of nitrogens with zero attached hydrogens (tertiary/aromatic N) is 1. The lowest BCUT2D eigenvalue weighted by molar-refractivity contribution is -0.127. The number of rotatable bonds is 10. The lowest BCUT2D eigenvalue weighted by atomic mass is 10.2. The van der Waals surface area contributed by atoms with Gasteiger partial charge >= 0.3 is 5.97 Å². The van der Waals surface area contributed by atoms with E-state index >= 15 is 0 Å². The second-order valence-electron chi connectivity index (χ2n) is 8.21. The Kier molecular flexibility index (Phi) is 9.10. The Labute approximate surface area is 225 Å². The molecule has 7 nitrogen and oxygen atoms in total. The van der Waals surface area contributed by atoms with Gasteiger partial charge in [-0.3, -0.25) is 4.79 Å². The molecule has 0 aliphatic heterocycles. The van der Waals surface area contributed by atoms with Gasteiger partial charge in [0, 0.05) is 5.02 Å². The highest BCUT2D eigenvalue weighted by Gasteiger charge is 2.14. The van der Waals surface area contributed by atoms with Crippen LogP contribution in [0, 0.1) is 0 Å². The molecule has 0 fully saturated rings. The average Bonchev–Trinajstić information content (AvgIpc) is 2.94. The van der Waals surface area contributed by atoms with Crippen molar-refractivity contribution in [3.8, 4) is 17.2 Å². The lowest BCUT2D eigenvalue weighted by Crippen LogP contribution is -2.33. The van der Waals surface area contributed by atoms with Crippen LogP contribution in [0.4, 0.5) is 0 Å². The minimum atomic E-state index is -0.766. The number of hydrogen-bond acceptors (Lipinski definition) is 6. The molecular formula is C30H25ClN2O5. The van der Waals surface area contributed by atoms with Crippen LogP contribution in [0.1, 0.15) is 28.4 Å². The maximum absolute atomic E-state index is 12.4. The van der Waals surface area contributed by atoms with Crippen LogP contribution in [0.25, 0.3) is 0 Å². The van der Waals surface area contributed by atoms with Gasteiger partial charge in [0.1, 0.15) is 23.9 Å². The van der Waals surface area contributed by atoms with E-state index in [0.29, 0.717) is 40.0 Å². The molecule has 0 radical (unpaired) electrons. The van der Waals surface area contributed by atoms with Crippen LogP contribution in [0.5, 0.6) is 17.2 Å². The summed E-state index contributed by atoms with van der Waals surface area (Å²) in [5.74, 6) is 0.726. The van der Waals surface area contributed by atoms with Gasteiger partial charge < -0.3 is 14.2 Å². The van der Waals surface area contributed by atoms with Crippen molar-refractivity contribution in [2.45, 2.75) is 19.6 Å². The summed E-state index contributed by atoms with van der Waals surface area (Å²) in [5, 5.41) is 4.51. The molecule has 0 spiro atoms. The third-order valence-electron chi connectivity index (χ3n) is 5.31. The topological polar surface area (TPSA) is 86.2 Å². The minimum absolute atomic E-state index is 0.379. The van der Waals surface area contributed by atoms with Crippen LogP contribution in [0.15, 0.2) is 108 Å². The van der Waals surface area contributed by atoms with Gasteiger partial charge in [-0.25, -0.2) is 10.2 Å². The van der Waals surface area contributed by atoms with Crippen molar-refractivity contribution in [3.63, 3.8) is 0 Å². The van der Waals surface area contributed by atoms with Gasteiger partial charge in [-0.1, -0.05) is 41.9 Å². The number of carbonyl (C=O) groups is 2. The van der Waals surface area contributed by atoms with E-state index in [4.69, 9.17) is 25.8 Å². The zero-order chi connectivity index (χ0) is 26.7. The molecule has 0 bridgehead atoms. The molecule has 4 aromatic carbocycles. The van der Waals surface area contributed by atoms with Gasteiger partial charge in [0.15, 0.2) is 6.10 Å². The number of hydrogen-bond donors (Lipinski definition) is 1. The van der Waals surface area contributed by atoms with Crippen molar-refractivity contribution >= 4 is 29.7 Å². The van der Waals surface area contributed by atoms with Crippen LogP contribution in [0.2, 0.25) is 5.02 Å². The summed E-state index contributed by atoms with van der Waals surface area (Å²) < 4.78 is 16.8. The number of carbonyl (C=O) groups excluding carboxylic acids is 2. The number of amides is 1. The molecule has 38 heavy (non-hydrogen) atoms. The van der Waals surface area contributed by atoms with Gasteiger partial charge in [-0.2, -0.15) is 5.10 Å². The van der Waals surface area contributed by atoms with Gasteiger partial charge in [-0.05, 0) is 90.8 Å². The van der Waals surface area contributed by atoms with Crippen LogP contribution < -0.4 is 19.6 Å². The van der Waals surface area contributed by atoms with E-state index in [1.807, 2.05) is 30.3 Å². The van der Waals surface area contributed by atoms with Crippen molar-refractivity contribution in [2.24, 2.45) is 5.10 Å². The summed E-state index contributed by atoms with van der Waals surface area (Å²) in [6.07, 6.45) is 0.715. The zero-order valence-corrected chi connectivity index (χ0v) is 21.3. The highest BCUT2D eigenvalue weighted by atomic mass is 35.5. The molecule has 0 heterocycles. The Hall–Kier alpha value is -4.62. The molecule has 0 aliphatic rings. The highest BCUT2D eigenvalue weighted by Crippen LogP contribution is 2.20. The normalized spacial score (nSPS) is 11.5. The second kappa shape index (κ2) is 13.1. The monoisotopic (exact) mass is 528 g/mol. The summed E-state index contributed by atoms with van der Waals surface area (Å²) in [4.78, 5) is 24.5. The van der Waals surface area contributed by atoms with Crippen LogP contribution in [0.3, 0.4) is 0 Å². The van der Waals surface area contributed by atoms with Crippen molar-refractivity contribution in [1.82, 2.24) is 5.43 Å². The molecule has 192 valence electrons. The number of esters is 1. The maximum Gasteiger partial charge on any atom is 0.343 e. The molecule has 1 amide bonds. The molecular weight excluding hydrogens is 504 g/mol. The van der Waals surface area contributed by atoms with Crippen molar-refractivity contribution in [2.75, 3.05) is 0 Å². The Balaban J connectivity index is 1.21. The summed E-state index contributed by atoms with van der Waals surface area (Å²) in [6.45, 7) is 2.10. The van der Waals surface area contributed by atoms with E-state index in [9.17, 15) is 9.59 Å². The Morgan fingerprint density at radius 1 is 0.842 bits per heavy atom. The fourth-order valence-electron chi connectivity index (χ4n) is 3.25. The summed E-state index contributed by atoms with van der Waals surface area (Å²) in [5.41, 5.74) is 4.63. The number of nitrogens with one attached hydrogen (secondary N) is 1. The molecule has 0 unspecified atom stereocenters. The third kappa shape index (κ3) is 7.94. The minimum Gasteiger partial charge on any atom is -0.489 e. The molecule has 0 aromatic heterocycles. The van der Waals surface area contributed by atoms with Crippen molar-refractivity contribution < 1.29 is 23.8 Å². The third-order valence-corrected chi connectivity index (χ3v) is 5.57. The second-order valence-corrected chi connectivity index (χ2v) is 8.64. The zero-order valence-electron chi connectivity index (χ0n) is 20.5. The van der Waals surface area contributed by atoms with Crippen LogP contribution in [-0.2, 0) is 11.4 Å². The van der Waals surface area contributed by atoms with E-state index in [1.165, 1.54) is 6.21 Å². The first-order valence-corrected chi connectivity index (χ1v) is 12.2. The molecule has 1 N–H and O–H groups in total. The first-order chi connectivity index (χ1) is 18.5. The predicted molar refractivity (Wildman–Crippen MR) is 146 cm³/mol. The molecule has 0 aliphatic carbocycles. The van der Waals surface area contributed by atoms with E-state index in [0.717, 1.165) is 5.56 Å². The first-order valence-electron chi connectivity index (χ1n) is 11.8. The average molecular weight is 529 g/mol. The quantitative estimate of drug-likeness (QED) is 0.117. The van der Waals surface area contributed by atoms with Crippen molar-refractivity contribution in [1.29, 1.82) is 0 Å². The van der Waals surface area contributed by atoms with Gasteiger partial charge in [0.05, 0.1) is 11.8 Å². The Bertz CT molecular complexity index is 1370. The largest absolute Gasteiger partial charge is 0.489 e. The number of hydrazone groups is 1. The van der Waals surface area contributed by atoms with E-state index in [1.54, 1.807) is 79.7 Å². The molecule has 0 saturated heterocycles. The molecule has 4 aromatic rings. The van der Waals surface area contributed by atoms with Gasteiger partial charge in [-0.15, -0.1) is 0 Å². The van der Waals surface area contributed by atoms with Crippen LogP contribution in [-0.4, -0.2) is 24.2 Å². The van der Waals surface area contributed by atoms with E-state index in [-0.39, 0.29) is 0 Å². The van der Waals surface area contributed by atoms with Gasteiger partial charge in [0.2, 0.25) is 0 Å². The predicted octanol–water partition coefficient (Wildman–Crippen LogP) is 6.06. The fraction of sp³-hybridized carbons (Fsp3) is 0.100. The van der Waals surface area contributed by atoms with E-state index < -0.39 is 18.0 Å². The van der Waals surface area contributed by atoms with Crippen LogP contribution >= 0.6 is 11.6 Å².